The fraction of sp³-hybridized carbons (Fsp3) is 0.400. The molecule has 0 aromatic carbocycles. The molecule has 2 rings (SSSR count). The Morgan fingerprint density at radius 2 is 2.21 bits per heavy atom. The highest BCUT2D eigenvalue weighted by Gasteiger charge is 2.35. The molecule has 0 radical (unpaired) electrons. The van der Waals surface area contributed by atoms with Crippen molar-refractivity contribution in [3.63, 3.8) is 0 Å². The molecule has 1 aliphatic rings. The topological polar surface area (TPSA) is 55.1 Å². The highest BCUT2D eigenvalue weighted by atomic mass is 32.1. The number of ether oxygens (including phenoxy) is 1. The van der Waals surface area contributed by atoms with E-state index in [1.165, 1.54) is 10.6 Å². The second-order valence-electron chi connectivity index (χ2n) is 3.75. The number of Topliss-reactive ketones (excluding diaryl/α,β-unsaturated/α-hetero) is 1. The molecule has 0 amide bonds. The van der Waals surface area contributed by atoms with Gasteiger partial charge in [0.1, 0.15) is 11.5 Å². The SMILES string of the molecule is N=c1sc2c(n1CCS)C(=O)CC(OC(F)(F)F)=C2. The van der Waals surface area contributed by atoms with Crippen LogP contribution in [0.3, 0.4) is 0 Å². The second-order valence-corrected chi connectivity index (χ2v) is 5.23. The van der Waals surface area contributed by atoms with Crippen molar-refractivity contribution in [3.05, 3.63) is 21.1 Å². The minimum absolute atomic E-state index is 0.108. The molecule has 19 heavy (non-hydrogen) atoms. The maximum Gasteiger partial charge on any atom is 0.572 e. The number of hydrogen-bond acceptors (Lipinski definition) is 5. The van der Waals surface area contributed by atoms with Gasteiger partial charge in [-0.25, -0.2) is 0 Å². The number of carbonyl (C=O) groups is 1. The van der Waals surface area contributed by atoms with E-state index < -0.39 is 24.3 Å². The molecule has 1 aromatic heterocycles. The van der Waals surface area contributed by atoms with Crippen molar-refractivity contribution in [1.82, 2.24) is 4.57 Å². The molecule has 0 saturated carbocycles. The van der Waals surface area contributed by atoms with Crippen molar-refractivity contribution in [2.24, 2.45) is 0 Å². The Bertz CT molecular complexity index is 601. The number of halogens is 3. The fourth-order valence-corrected chi connectivity index (χ4v) is 3.01. The van der Waals surface area contributed by atoms with E-state index in [2.05, 4.69) is 17.4 Å². The van der Waals surface area contributed by atoms with Crippen LogP contribution in [0, 0.1) is 5.41 Å². The molecule has 0 unspecified atom stereocenters. The number of nitrogens with zero attached hydrogens (tertiary/aromatic N) is 1. The van der Waals surface area contributed by atoms with Crippen molar-refractivity contribution in [3.8, 4) is 0 Å². The van der Waals surface area contributed by atoms with E-state index in [1.807, 2.05) is 0 Å². The number of carbonyl (C=O) groups excluding carboxylic acids is 1. The lowest BCUT2D eigenvalue weighted by atomic mass is 10.1. The molecule has 0 saturated heterocycles. The zero-order valence-electron chi connectivity index (χ0n) is 9.45. The first kappa shape index (κ1) is 14.2. The molecule has 1 aromatic rings. The number of allylic oxidation sites excluding steroid dienone is 1. The number of aromatic nitrogens is 1. The molecular formula is C10H9F3N2O2S2. The molecule has 4 nitrogen and oxygen atoms in total. The summed E-state index contributed by atoms with van der Waals surface area (Å²) in [5.41, 5.74) is 0.263. The van der Waals surface area contributed by atoms with Crippen LogP contribution in [-0.4, -0.2) is 22.5 Å². The summed E-state index contributed by atoms with van der Waals surface area (Å²) in [5, 5.41) is 7.71. The highest BCUT2D eigenvalue weighted by molar-refractivity contribution is 7.80. The van der Waals surface area contributed by atoms with Gasteiger partial charge < -0.3 is 9.30 Å². The van der Waals surface area contributed by atoms with Crippen LogP contribution in [0.1, 0.15) is 21.8 Å². The van der Waals surface area contributed by atoms with Gasteiger partial charge in [-0.05, 0) is 6.08 Å². The van der Waals surface area contributed by atoms with Gasteiger partial charge in [0.15, 0.2) is 10.6 Å². The monoisotopic (exact) mass is 310 g/mol. The van der Waals surface area contributed by atoms with Gasteiger partial charge in [-0.15, -0.1) is 13.2 Å². The van der Waals surface area contributed by atoms with Crippen LogP contribution in [0.4, 0.5) is 13.2 Å². The predicted octanol–water partition coefficient (Wildman–Crippen LogP) is 2.42. The molecule has 1 N–H and O–H groups in total. The lowest BCUT2D eigenvalue weighted by molar-refractivity contribution is -0.305. The third kappa shape index (κ3) is 3.03. The van der Waals surface area contributed by atoms with Crippen LogP contribution in [0.25, 0.3) is 6.08 Å². The molecule has 0 fully saturated rings. The molecule has 0 atom stereocenters. The van der Waals surface area contributed by atoms with Gasteiger partial charge in [-0.2, -0.15) is 12.6 Å². The van der Waals surface area contributed by atoms with E-state index in [1.54, 1.807) is 0 Å². The molecule has 0 bridgehead atoms. The number of thiazole rings is 1. The lowest BCUT2D eigenvalue weighted by Crippen LogP contribution is -2.23. The zero-order valence-corrected chi connectivity index (χ0v) is 11.2. The summed E-state index contributed by atoms with van der Waals surface area (Å²) in [6.45, 7) is 0.364. The number of fused-ring (bicyclic) bond motifs is 1. The van der Waals surface area contributed by atoms with Gasteiger partial charge in [-0.3, -0.25) is 10.2 Å². The summed E-state index contributed by atoms with van der Waals surface area (Å²) < 4.78 is 41.6. The Morgan fingerprint density at radius 1 is 1.53 bits per heavy atom. The van der Waals surface area contributed by atoms with Gasteiger partial charge in [0.2, 0.25) is 0 Å². The van der Waals surface area contributed by atoms with E-state index in [-0.39, 0.29) is 10.5 Å². The number of ketones is 1. The summed E-state index contributed by atoms with van der Waals surface area (Å²) >= 11 is 4.97. The largest absolute Gasteiger partial charge is 0.572 e. The van der Waals surface area contributed by atoms with Crippen molar-refractivity contribution in [2.45, 2.75) is 19.3 Å². The quantitative estimate of drug-likeness (QED) is 0.843. The summed E-state index contributed by atoms with van der Waals surface area (Å²) in [4.78, 5) is 12.3. The van der Waals surface area contributed by atoms with E-state index in [4.69, 9.17) is 5.41 Å². The zero-order chi connectivity index (χ0) is 14.2. The smallest absolute Gasteiger partial charge is 0.410 e. The van der Waals surface area contributed by atoms with Crippen LogP contribution in [0.5, 0.6) is 0 Å². The first-order valence-electron chi connectivity index (χ1n) is 5.20. The first-order chi connectivity index (χ1) is 8.81. The molecular weight excluding hydrogens is 301 g/mol. The van der Waals surface area contributed by atoms with Gasteiger partial charge in [-0.1, -0.05) is 11.3 Å². The van der Waals surface area contributed by atoms with Crippen LogP contribution < -0.4 is 4.80 Å². The van der Waals surface area contributed by atoms with Gasteiger partial charge in [0.05, 0.1) is 11.3 Å². The summed E-state index contributed by atoms with van der Waals surface area (Å²) in [5.74, 6) is -0.486. The number of nitrogens with one attached hydrogen (secondary N) is 1. The van der Waals surface area contributed by atoms with E-state index in [9.17, 15) is 18.0 Å². The molecule has 9 heteroatoms. The highest BCUT2D eigenvalue weighted by Crippen LogP contribution is 2.31. The average molecular weight is 310 g/mol. The van der Waals surface area contributed by atoms with Crippen molar-refractivity contribution in [1.29, 1.82) is 5.41 Å². The van der Waals surface area contributed by atoms with Gasteiger partial charge >= 0.3 is 6.36 Å². The van der Waals surface area contributed by atoms with E-state index in [0.29, 0.717) is 17.2 Å². The predicted molar refractivity (Wildman–Crippen MR) is 66.1 cm³/mol. The Morgan fingerprint density at radius 3 is 2.79 bits per heavy atom. The number of thiol groups is 1. The van der Waals surface area contributed by atoms with Gasteiger partial charge in [0.25, 0.3) is 0 Å². The average Bonchev–Trinajstić information content (AvgIpc) is 2.53. The van der Waals surface area contributed by atoms with Crippen LogP contribution in [0.2, 0.25) is 0 Å². The van der Waals surface area contributed by atoms with Crippen molar-refractivity contribution in [2.75, 3.05) is 5.75 Å². The molecule has 0 aliphatic heterocycles. The summed E-state index contributed by atoms with van der Waals surface area (Å²) in [7, 11) is 0. The molecule has 104 valence electrons. The maximum atomic E-state index is 12.1. The van der Waals surface area contributed by atoms with E-state index >= 15 is 0 Å². The van der Waals surface area contributed by atoms with Crippen LogP contribution >= 0.6 is 24.0 Å². The van der Waals surface area contributed by atoms with E-state index in [0.717, 1.165) is 11.3 Å². The van der Waals surface area contributed by atoms with Crippen LogP contribution in [0.15, 0.2) is 5.76 Å². The van der Waals surface area contributed by atoms with Crippen LogP contribution in [-0.2, 0) is 11.3 Å². The molecule has 1 heterocycles. The normalized spacial score (nSPS) is 15.2. The third-order valence-electron chi connectivity index (χ3n) is 2.42. The Balaban J connectivity index is 2.42. The second kappa shape index (κ2) is 5.04. The number of hydrogen-bond donors (Lipinski definition) is 2. The summed E-state index contributed by atoms with van der Waals surface area (Å²) in [6, 6.07) is 0. The number of rotatable bonds is 3. The summed E-state index contributed by atoms with van der Waals surface area (Å²) in [6.07, 6.45) is -4.09. The minimum atomic E-state index is -4.81. The first-order valence-corrected chi connectivity index (χ1v) is 6.65. The third-order valence-corrected chi connectivity index (χ3v) is 3.56. The number of alkyl halides is 3. The Kier molecular flexibility index (Phi) is 3.77. The standard InChI is InChI=1S/C10H9F3N2O2S2/c11-10(12,13)17-5-3-6(16)8-7(4-5)19-9(14)15(8)1-2-18/h4,14,18H,1-3H2. The maximum absolute atomic E-state index is 12.1. The molecule has 1 aliphatic carbocycles. The Labute approximate surface area is 115 Å². The lowest BCUT2D eigenvalue weighted by Gasteiger charge is -2.16. The Hall–Kier alpha value is -1.22. The van der Waals surface area contributed by atoms with Crippen molar-refractivity contribution >= 4 is 35.8 Å². The fourth-order valence-electron chi connectivity index (χ4n) is 1.79. The van der Waals surface area contributed by atoms with Gasteiger partial charge in [0, 0.05) is 12.3 Å². The minimum Gasteiger partial charge on any atom is -0.410 e. The molecule has 0 spiro atoms. The van der Waals surface area contributed by atoms with Crippen molar-refractivity contribution < 1.29 is 22.7 Å².